The van der Waals surface area contributed by atoms with Crippen LogP contribution in [0.15, 0.2) is 12.3 Å². The fraction of sp³-hybridized carbons (Fsp3) is 0.632. The summed E-state index contributed by atoms with van der Waals surface area (Å²) < 4.78 is 5.53. The van der Waals surface area contributed by atoms with Gasteiger partial charge < -0.3 is 15.0 Å². The molecule has 1 aliphatic heterocycles. The van der Waals surface area contributed by atoms with Gasteiger partial charge in [-0.25, -0.2) is 4.98 Å². The molecule has 1 saturated carbocycles. The highest BCUT2D eigenvalue weighted by atomic mass is 16.5. The Bertz CT molecular complexity index is 641. The minimum atomic E-state index is -0.175. The van der Waals surface area contributed by atoms with E-state index in [1.165, 1.54) is 6.42 Å². The minimum absolute atomic E-state index is 0.00612. The number of carbonyl (C=O) groups is 2. The molecule has 2 aliphatic rings. The van der Waals surface area contributed by atoms with Crippen molar-refractivity contribution in [2.75, 3.05) is 18.1 Å². The van der Waals surface area contributed by atoms with Crippen molar-refractivity contribution in [2.45, 2.75) is 58.4 Å². The van der Waals surface area contributed by atoms with Crippen molar-refractivity contribution < 1.29 is 14.3 Å². The molecule has 6 nitrogen and oxygen atoms in total. The van der Waals surface area contributed by atoms with Crippen LogP contribution in [0.1, 0.15) is 51.0 Å². The SMILES string of the molecule is Cc1cnc2c(c1)N(C(=O)CC(C)NC(=O)C1CCCCC1)CCO2. The summed E-state index contributed by atoms with van der Waals surface area (Å²) >= 11 is 0. The molecule has 0 aromatic carbocycles. The lowest BCUT2D eigenvalue weighted by Crippen LogP contribution is -2.44. The molecule has 136 valence electrons. The molecule has 25 heavy (non-hydrogen) atoms. The van der Waals surface area contributed by atoms with Crippen LogP contribution in [0.4, 0.5) is 5.69 Å². The number of nitrogens with one attached hydrogen (secondary N) is 1. The number of fused-ring (bicyclic) bond motifs is 1. The van der Waals surface area contributed by atoms with E-state index >= 15 is 0 Å². The highest BCUT2D eigenvalue weighted by Crippen LogP contribution is 2.30. The lowest BCUT2D eigenvalue weighted by molar-refractivity contribution is -0.127. The summed E-state index contributed by atoms with van der Waals surface area (Å²) in [6, 6.07) is 1.75. The van der Waals surface area contributed by atoms with Crippen LogP contribution in [0.3, 0.4) is 0 Å². The van der Waals surface area contributed by atoms with Gasteiger partial charge in [-0.2, -0.15) is 0 Å². The van der Waals surface area contributed by atoms with E-state index < -0.39 is 0 Å². The smallest absolute Gasteiger partial charge is 0.238 e. The Labute approximate surface area is 148 Å². The van der Waals surface area contributed by atoms with Crippen molar-refractivity contribution in [3.8, 4) is 5.88 Å². The molecule has 1 N–H and O–H groups in total. The Morgan fingerprint density at radius 1 is 1.36 bits per heavy atom. The van der Waals surface area contributed by atoms with Gasteiger partial charge in [0.2, 0.25) is 17.7 Å². The van der Waals surface area contributed by atoms with Gasteiger partial charge in [0.15, 0.2) is 0 Å². The fourth-order valence-corrected chi connectivity index (χ4v) is 3.61. The van der Waals surface area contributed by atoms with Crippen LogP contribution in [-0.2, 0) is 9.59 Å². The Kier molecular flexibility index (Phi) is 5.56. The third-order valence-electron chi connectivity index (χ3n) is 4.96. The maximum absolute atomic E-state index is 12.7. The Morgan fingerprint density at radius 2 is 2.12 bits per heavy atom. The van der Waals surface area contributed by atoms with Crippen molar-refractivity contribution >= 4 is 17.5 Å². The van der Waals surface area contributed by atoms with Gasteiger partial charge in [0.25, 0.3) is 0 Å². The summed E-state index contributed by atoms with van der Waals surface area (Å²) in [6.07, 6.45) is 7.43. The summed E-state index contributed by atoms with van der Waals surface area (Å²) in [6.45, 7) is 4.80. The van der Waals surface area contributed by atoms with E-state index in [4.69, 9.17) is 4.74 Å². The number of nitrogens with zero attached hydrogens (tertiary/aromatic N) is 2. The van der Waals surface area contributed by atoms with Gasteiger partial charge in [0.1, 0.15) is 12.3 Å². The Hall–Kier alpha value is -2.11. The van der Waals surface area contributed by atoms with E-state index in [2.05, 4.69) is 10.3 Å². The number of rotatable bonds is 4. The predicted octanol–water partition coefficient (Wildman–Crippen LogP) is 2.59. The van der Waals surface area contributed by atoms with Crippen LogP contribution in [0.2, 0.25) is 0 Å². The van der Waals surface area contributed by atoms with Crippen molar-refractivity contribution in [3.63, 3.8) is 0 Å². The van der Waals surface area contributed by atoms with Gasteiger partial charge in [-0.1, -0.05) is 19.3 Å². The number of carbonyl (C=O) groups excluding carboxylic acids is 2. The van der Waals surface area contributed by atoms with Gasteiger partial charge in [0, 0.05) is 24.6 Å². The van der Waals surface area contributed by atoms with E-state index in [1.807, 2.05) is 19.9 Å². The molecular formula is C19H27N3O3. The zero-order valence-corrected chi connectivity index (χ0v) is 15.1. The molecule has 2 amide bonds. The van der Waals surface area contributed by atoms with Crippen LogP contribution in [-0.4, -0.2) is 36.0 Å². The van der Waals surface area contributed by atoms with Gasteiger partial charge >= 0.3 is 0 Å². The first-order chi connectivity index (χ1) is 12.0. The van der Waals surface area contributed by atoms with E-state index in [9.17, 15) is 9.59 Å². The molecule has 1 unspecified atom stereocenters. The molecule has 2 heterocycles. The van der Waals surface area contributed by atoms with Gasteiger partial charge in [-0.15, -0.1) is 0 Å². The molecule has 1 aromatic heterocycles. The van der Waals surface area contributed by atoms with E-state index in [1.54, 1.807) is 11.1 Å². The van der Waals surface area contributed by atoms with Crippen molar-refractivity contribution in [1.82, 2.24) is 10.3 Å². The van der Waals surface area contributed by atoms with Crippen LogP contribution >= 0.6 is 0 Å². The summed E-state index contributed by atoms with van der Waals surface area (Å²) in [5, 5.41) is 3.02. The third kappa shape index (κ3) is 4.30. The van der Waals surface area contributed by atoms with Gasteiger partial charge in [0.05, 0.1) is 6.54 Å². The Balaban J connectivity index is 1.59. The quantitative estimate of drug-likeness (QED) is 0.910. The average Bonchev–Trinajstić information content (AvgIpc) is 2.61. The molecule has 0 radical (unpaired) electrons. The highest BCUT2D eigenvalue weighted by molar-refractivity contribution is 5.95. The number of ether oxygens (including phenoxy) is 1. The van der Waals surface area contributed by atoms with Crippen molar-refractivity contribution in [3.05, 3.63) is 17.8 Å². The maximum atomic E-state index is 12.7. The van der Waals surface area contributed by atoms with Gasteiger partial charge in [-0.3, -0.25) is 9.59 Å². The number of aryl methyl sites for hydroxylation is 1. The Morgan fingerprint density at radius 3 is 2.88 bits per heavy atom. The lowest BCUT2D eigenvalue weighted by Gasteiger charge is -2.30. The second-order valence-electron chi connectivity index (χ2n) is 7.18. The van der Waals surface area contributed by atoms with Crippen LogP contribution in [0.5, 0.6) is 5.88 Å². The van der Waals surface area contributed by atoms with Crippen molar-refractivity contribution in [1.29, 1.82) is 0 Å². The number of pyridine rings is 1. The molecule has 1 aromatic rings. The fourth-order valence-electron chi connectivity index (χ4n) is 3.61. The molecule has 3 rings (SSSR count). The standard InChI is InChI=1S/C19H27N3O3/c1-13-10-16-19(20-12-13)25-9-8-22(16)17(23)11-14(2)21-18(24)15-6-4-3-5-7-15/h10,12,14-15H,3-9,11H2,1-2H3,(H,21,24). The predicted molar refractivity (Wildman–Crippen MR) is 95.6 cm³/mol. The molecule has 0 spiro atoms. The van der Waals surface area contributed by atoms with Crippen LogP contribution < -0.4 is 15.0 Å². The van der Waals surface area contributed by atoms with E-state index in [-0.39, 0.29) is 30.2 Å². The normalized spacial score (nSPS) is 18.9. The molecule has 1 aliphatic carbocycles. The number of hydrogen-bond donors (Lipinski definition) is 1. The topological polar surface area (TPSA) is 71.5 Å². The van der Waals surface area contributed by atoms with Crippen LogP contribution in [0, 0.1) is 12.8 Å². The van der Waals surface area contributed by atoms with E-state index in [0.29, 0.717) is 19.0 Å². The number of aromatic nitrogens is 1. The first-order valence-electron chi connectivity index (χ1n) is 9.25. The maximum Gasteiger partial charge on any atom is 0.238 e. The minimum Gasteiger partial charge on any atom is -0.474 e. The molecule has 6 heteroatoms. The highest BCUT2D eigenvalue weighted by Gasteiger charge is 2.27. The average molecular weight is 345 g/mol. The first-order valence-corrected chi connectivity index (χ1v) is 9.25. The first kappa shape index (κ1) is 17.7. The molecular weight excluding hydrogens is 318 g/mol. The molecule has 1 fully saturated rings. The van der Waals surface area contributed by atoms with Crippen molar-refractivity contribution in [2.24, 2.45) is 5.92 Å². The number of anilines is 1. The number of hydrogen-bond acceptors (Lipinski definition) is 4. The lowest BCUT2D eigenvalue weighted by atomic mass is 9.88. The summed E-state index contributed by atoms with van der Waals surface area (Å²) in [5.74, 6) is 0.708. The molecule has 0 saturated heterocycles. The monoisotopic (exact) mass is 345 g/mol. The largest absolute Gasteiger partial charge is 0.474 e. The second-order valence-corrected chi connectivity index (χ2v) is 7.18. The summed E-state index contributed by atoms with van der Waals surface area (Å²) in [7, 11) is 0. The molecule has 1 atom stereocenters. The van der Waals surface area contributed by atoms with E-state index in [0.717, 1.165) is 36.9 Å². The molecule has 0 bridgehead atoms. The number of amides is 2. The zero-order chi connectivity index (χ0) is 17.8. The summed E-state index contributed by atoms with van der Waals surface area (Å²) in [5.41, 5.74) is 1.71. The third-order valence-corrected chi connectivity index (χ3v) is 4.96. The second kappa shape index (κ2) is 7.85. The summed E-state index contributed by atoms with van der Waals surface area (Å²) in [4.78, 5) is 31.1. The van der Waals surface area contributed by atoms with Gasteiger partial charge in [-0.05, 0) is 38.3 Å². The van der Waals surface area contributed by atoms with Crippen LogP contribution in [0.25, 0.3) is 0 Å². The zero-order valence-electron chi connectivity index (χ0n) is 15.1.